The third kappa shape index (κ3) is 8.28. The Hall–Kier alpha value is -0.930. The van der Waals surface area contributed by atoms with Crippen molar-refractivity contribution in [2.75, 3.05) is 26.2 Å². The van der Waals surface area contributed by atoms with Crippen LogP contribution in [0, 0.1) is 5.92 Å². The smallest absolute Gasteiger partial charge is 0.0543 e. The topological polar surface area (TPSA) is 28.2 Å². The van der Waals surface area contributed by atoms with E-state index in [1.807, 2.05) is 12.3 Å². The predicted octanol–water partition coefficient (Wildman–Crippen LogP) is 3.32. The summed E-state index contributed by atoms with van der Waals surface area (Å²) in [6, 6.07) is 6.15. The Labute approximate surface area is 124 Å². The molecule has 0 aliphatic carbocycles. The van der Waals surface area contributed by atoms with Gasteiger partial charge in [-0.2, -0.15) is 0 Å². The number of rotatable bonds is 11. The van der Waals surface area contributed by atoms with E-state index in [2.05, 4.69) is 48.1 Å². The molecule has 0 bridgehead atoms. The lowest BCUT2D eigenvalue weighted by Gasteiger charge is -2.19. The van der Waals surface area contributed by atoms with Crippen molar-refractivity contribution in [3.8, 4) is 0 Å². The molecule has 0 saturated carbocycles. The lowest BCUT2D eigenvalue weighted by Crippen LogP contribution is -2.25. The Kier molecular flexibility index (Phi) is 9.25. The Bertz CT molecular complexity index is 324. The molecule has 0 aliphatic heterocycles. The number of aromatic nitrogens is 1. The second kappa shape index (κ2) is 10.8. The molecule has 20 heavy (non-hydrogen) atoms. The Morgan fingerprint density at radius 1 is 1.20 bits per heavy atom. The summed E-state index contributed by atoms with van der Waals surface area (Å²) in [5.74, 6) is 0.754. The van der Waals surface area contributed by atoms with Gasteiger partial charge in [-0.25, -0.2) is 0 Å². The summed E-state index contributed by atoms with van der Waals surface area (Å²) >= 11 is 0. The van der Waals surface area contributed by atoms with Crippen molar-refractivity contribution < 1.29 is 0 Å². The number of hydrogen-bond acceptors (Lipinski definition) is 3. The maximum Gasteiger partial charge on any atom is 0.0543 e. The zero-order chi connectivity index (χ0) is 14.6. The van der Waals surface area contributed by atoms with E-state index in [-0.39, 0.29) is 0 Å². The average Bonchev–Trinajstić information content (AvgIpc) is 2.45. The summed E-state index contributed by atoms with van der Waals surface area (Å²) in [6.07, 6.45) is 5.76. The van der Waals surface area contributed by atoms with E-state index in [0.29, 0.717) is 0 Å². The highest BCUT2D eigenvalue weighted by molar-refractivity contribution is 5.03. The van der Waals surface area contributed by atoms with Gasteiger partial charge in [-0.05, 0) is 57.1 Å². The fourth-order valence-corrected chi connectivity index (χ4v) is 2.22. The molecule has 0 fully saturated rings. The van der Waals surface area contributed by atoms with Crippen LogP contribution < -0.4 is 5.32 Å². The van der Waals surface area contributed by atoms with Gasteiger partial charge < -0.3 is 5.32 Å². The monoisotopic (exact) mass is 277 g/mol. The second-order valence-corrected chi connectivity index (χ2v) is 5.85. The van der Waals surface area contributed by atoms with E-state index in [1.165, 1.54) is 31.5 Å². The SMILES string of the molecule is CCN(CCCCCNCC(C)C)Cc1ccccn1. The average molecular weight is 277 g/mol. The minimum atomic E-state index is 0.754. The van der Waals surface area contributed by atoms with Crippen molar-refractivity contribution in [3.05, 3.63) is 30.1 Å². The van der Waals surface area contributed by atoms with Crippen molar-refractivity contribution in [2.24, 2.45) is 5.92 Å². The molecule has 1 rings (SSSR count). The van der Waals surface area contributed by atoms with Gasteiger partial charge in [0.15, 0.2) is 0 Å². The Morgan fingerprint density at radius 3 is 2.70 bits per heavy atom. The highest BCUT2D eigenvalue weighted by Gasteiger charge is 2.03. The predicted molar refractivity (Wildman–Crippen MR) is 86.7 cm³/mol. The van der Waals surface area contributed by atoms with E-state index in [0.717, 1.165) is 32.1 Å². The normalized spacial score (nSPS) is 11.4. The second-order valence-electron chi connectivity index (χ2n) is 5.85. The van der Waals surface area contributed by atoms with Gasteiger partial charge in [0, 0.05) is 12.7 Å². The van der Waals surface area contributed by atoms with Crippen LogP contribution in [0.15, 0.2) is 24.4 Å². The first-order valence-electron chi connectivity index (χ1n) is 8.05. The first kappa shape index (κ1) is 17.1. The van der Waals surface area contributed by atoms with Gasteiger partial charge in [0.25, 0.3) is 0 Å². The lowest BCUT2D eigenvalue weighted by atomic mass is 10.2. The molecule has 0 amide bonds. The van der Waals surface area contributed by atoms with Crippen LogP contribution in [0.25, 0.3) is 0 Å². The maximum absolute atomic E-state index is 4.40. The van der Waals surface area contributed by atoms with E-state index < -0.39 is 0 Å². The third-order valence-corrected chi connectivity index (χ3v) is 3.44. The van der Waals surface area contributed by atoms with Crippen LogP contribution >= 0.6 is 0 Å². The molecule has 0 saturated heterocycles. The molecule has 1 N–H and O–H groups in total. The Morgan fingerprint density at radius 2 is 2.05 bits per heavy atom. The molecule has 1 aromatic rings. The van der Waals surface area contributed by atoms with E-state index in [4.69, 9.17) is 0 Å². The minimum absolute atomic E-state index is 0.754. The van der Waals surface area contributed by atoms with Crippen molar-refractivity contribution in [1.29, 1.82) is 0 Å². The van der Waals surface area contributed by atoms with Crippen LogP contribution in [0.4, 0.5) is 0 Å². The molecule has 0 radical (unpaired) electrons. The van der Waals surface area contributed by atoms with Crippen LogP contribution in [-0.4, -0.2) is 36.1 Å². The standard InChI is InChI=1S/C17H31N3/c1-4-20(15-17-10-6-8-12-19-17)13-9-5-7-11-18-14-16(2)3/h6,8,10,12,16,18H,4-5,7,9,11,13-15H2,1-3H3. The number of nitrogens with one attached hydrogen (secondary N) is 1. The largest absolute Gasteiger partial charge is 0.316 e. The molecule has 3 heteroatoms. The first-order chi connectivity index (χ1) is 9.72. The van der Waals surface area contributed by atoms with Gasteiger partial charge in [-0.3, -0.25) is 9.88 Å². The zero-order valence-corrected chi connectivity index (χ0v) is 13.4. The summed E-state index contributed by atoms with van der Waals surface area (Å²) in [5.41, 5.74) is 1.17. The van der Waals surface area contributed by atoms with Gasteiger partial charge >= 0.3 is 0 Å². The van der Waals surface area contributed by atoms with Crippen molar-refractivity contribution in [2.45, 2.75) is 46.6 Å². The van der Waals surface area contributed by atoms with Crippen LogP contribution in [0.3, 0.4) is 0 Å². The molecule has 0 unspecified atom stereocenters. The number of nitrogens with zero attached hydrogens (tertiary/aromatic N) is 2. The van der Waals surface area contributed by atoms with Gasteiger partial charge in [0.2, 0.25) is 0 Å². The van der Waals surface area contributed by atoms with Gasteiger partial charge in [-0.1, -0.05) is 33.3 Å². The van der Waals surface area contributed by atoms with Crippen molar-refractivity contribution >= 4 is 0 Å². The number of hydrogen-bond donors (Lipinski definition) is 1. The van der Waals surface area contributed by atoms with Crippen LogP contribution in [0.5, 0.6) is 0 Å². The van der Waals surface area contributed by atoms with Gasteiger partial charge in [-0.15, -0.1) is 0 Å². The number of pyridine rings is 1. The molecule has 0 atom stereocenters. The van der Waals surface area contributed by atoms with Crippen LogP contribution in [-0.2, 0) is 6.54 Å². The summed E-state index contributed by atoms with van der Waals surface area (Å²) in [6.45, 7) is 12.3. The van der Waals surface area contributed by atoms with Crippen LogP contribution in [0.1, 0.15) is 45.7 Å². The highest BCUT2D eigenvalue weighted by Crippen LogP contribution is 2.04. The quantitative estimate of drug-likeness (QED) is 0.629. The molecule has 1 heterocycles. The lowest BCUT2D eigenvalue weighted by molar-refractivity contribution is 0.269. The van der Waals surface area contributed by atoms with Crippen molar-refractivity contribution in [1.82, 2.24) is 15.2 Å². The molecular formula is C17H31N3. The van der Waals surface area contributed by atoms with Gasteiger partial charge in [0.1, 0.15) is 0 Å². The summed E-state index contributed by atoms with van der Waals surface area (Å²) in [7, 11) is 0. The fourth-order valence-electron chi connectivity index (χ4n) is 2.22. The maximum atomic E-state index is 4.40. The highest BCUT2D eigenvalue weighted by atomic mass is 15.1. The van der Waals surface area contributed by atoms with E-state index in [1.54, 1.807) is 0 Å². The van der Waals surface area contributed by atoms with Crippen LogP contribution in [0.2, 0.25) is 0 Å². The zero-order valence-electron chi connectivity index (χ0n) is 13.4. The molecule has 0 aliphatic rings. The van der Waals surface area contributed by atoms with E-state index >= 15 is 0 Å². The molecule has 114 valence electrons. The minimum Gasteiger partial charge on any atom is -0.316 e. The Balaban J connectivity index is 2.07. The molecule has 0 spiro atoms. The summed E-state index contributed by atoms with van der Waals surface area (Å²) in [4.78, 5) is 6.88. The fraction of sp³-hybridized carbons (Fsp3) is 0.706. The third-order valence-electron chi connectivity index (χ3n) is 3.44. The number of unbranched alkanes of at least 4 members (excludes halogenated alkanes) is 2. The molecule has 1 aromatic heterocycles. The summed E-state index contributed by atoms with van der Waals surface area (Å²) < 4.78 is 0. The van der Waals surface area contributed by atoms with Gasteiger partial charge in [0.05, 0.1) is 5.69 Å². The first-order valence-corrected chi connectivity index (χ1v) is 8.05. The molecule has 3 nitrogen and oxygen atoms in total. The van der Waals surface area contributed by atoms with Crippen molar-refractivity contribution in [3.63, 3.8) is 0 Å². The summed E-state index contributed by atoms with van der Waals surface area (Å²) in [5, 5.41) is 3.50. The van der Waals surface area contributed by atoms with E-state index in [9.17, 15) is 0 Å². The molecular weight excluding hydrogens is 246 g/mol. The molecule has 0 aromatic carbocycles.